The van der Waals surface area contributed by atoms with E-state index in [1.165, 1.54) is 5.56 Å². The van der Waals surface area contributed by atoms with Gasteiger partial charge in [0.15, 0.2) is 5.78 Å². The van der Waals surface area contributed by atoms with E-state index in [4.69, 9.17) is 0 Å². The molecule has 0 unspecified atom stereocenters. The van der Waals surface area contributed by atoms with Gasteiger partial charge in [0.2, 0.25) is 0 Å². The minimum absolute atomic E-state index is 0.0321. The van der Waals surface area contributed by atoms with Crippen LogP contribution >= 0.6 is 0 Å². The van der Waals surface area contributed by atoms with Crippen molar-refractivity contribution in [3.05, 3.63) is 71.5 Å². The molecule has 0 aliphatic carbocycles. The molecule has 0 aliphatic heterocycles. The largest absolute Gasteiger partial charge is 0.340 e. The highest BCUT2D eigenvalue weighted by Gasteiger charge is 2.06. The summed E-state index contributed by atoms with van der Waals surface area (Å²) in [7, 11) is 0. The van der Waals surface area contributed by atoms with Crippen LogP contribution in [0.15, 0.2) is 54.6 Å². The Morgan fingerprint density at radius 3 is 2.11 bits per heavy atom. The van der Waals surface area contributed by atoms with Crippen molar-refractivity contribution in [2.24, 2.45) is 0 Å². The highest BCUT2D eigenvalue weighted by molar-refractivity contribution is 5.95. The molecule has 0 aliphatic rings. The number of rotatable bonds is 6. The van der Waals surface area contributed by atoms with Gasteiger partial charge >= 0.3 is 0 Å². The predicted octanol–water partition coefficient (Wildman–Crippen LogP) is 5.60. The Balaban J connectivity index is 1.80. The molecule has 27 heavy (non-hydrogen) atoms. The summed E-state index contributed by atoms with van der Waals surface area (Å²) in [6.45, 7) is 7.76. The lowest BCUT2D eigenvalue weighted by Crippen LogP contribution is -2.02. The Labute approximate surface area is 159 Å². The molecule has 3 aromatic rings. The molecule has 3 rings (SSSR count). The van der Waals surface area contributed by atoms with E-state index in [0.717, 1.165) is 11.4 Å². The summed E-state index contributed by atoms with van der Waals surface area (Å²) in [4.78, 5) is 20.5. The lowest BCUT2D eigenvalue weighted by Gasteiger charge is -2.12. The van der Waals surface area contributed by atoms with E-state index in [1.54, 1.807) is 13.0 Å². The van der Waals surface area contributed by atoms with Crippen molar-refractivity contribution in [3.63, 3.8) is 0 Å². The molecular weight excluding hydrogens is 336 g/mol. The molecule has 2 aromatic carbocycles. The summed E-state index contributed by atoms with van der Waals surface area (Å²) < 4.78 is 0. The summed E-state index contributed by atoms with van der Waals surface area (Å²) in [5.74, 6) is 2.57. The summed E-state index contributed by atoms with van der Waals surface area (Å²) in [5, 5.41) is 6.57. The monoisotopic (exact) mass is 360 g/mol. The van der Waals surface area contributed by atoms with Crippen molar-refractivity contribution in [1.29, 1.82) is 0 Å². The predicted molar refractivity (Wildman–Crippen MR) is 110 cm³/mol. The van der Waals surface area contributed by atoms with Crippen LogP contribution < -0.4 is 10.6 Å². The third-order valence-electron chi connectivity index (χ3n) is 4.23. The van der Waals surface area contributed by atoms with Crippen LogP contribution in [0.5, 0.6) is 0 Å². The Morgan fingerprint density at radius 1 is 0.889 bits per heavy atom. The molecular formula is C22H24N4O. The minimum Gasteiger partial charge on any atom is -0.340 e. The third kappa shape index (κ3) is 4.91. The van der Waals surface area contributed by atoms with Crippen LogP contribution in [-0.2, 0) is 0 Å². The van der Waals surface area contributed by atoms with Gasteiger partial charge in [0.05, 0.1) is 0 Å². The van der Waals surface area contributed by atoms with Crippen LogP contribution in [0, 0.1) is 6.92 Å². The number of carbonyl (C=O) groups is 1. The van der Waals surface area contributed by atoms with Gasteiger partial charge < -0.3 is 10.6 Å². The zero-order valence-electron chi connectivity index (χ0n) is 16.1. The van der Waals surface area contributed by atoms with E-state index in [-0.39, 0.29) is 5.78 Å². The molecule has 1 heterocycles. The summed E-state index contributed by atoms with van der Waals surface area (Å²) >= 11 is 0. The van der Waals surface area contributed by atoms with Crippen molar-refractivity contribution in [3.8, 4) is 0 Å². The molecule has 0 saturated heterocycles. The van der Waals surface area contributed by atoms with Gasteiger partial charge in [-0.1, -0.05) is 38.1 Å². The van der Waals surface area contributed by atoms with Gasteiger partial charge in [-0.15, -0.1) is 0 Å². The van der Waals surface area contributed by atoms with Crippen LogP contribution in [0.2, 0.25) is 0 Å². The lowest BCUT2D eigenvalue weighted by atomic mass is 10.0. The number of hydrogen-bond donors (Lipinski definition) is 2. The molecule has 0 atom stereocenters. The number of benzene rings is 2. The first-order valence-corrected chi connectivity index (χ1v) is 9.01. The number of aromatic nitrogens is 2. The van der Waals surface area contributed by atoms with E-state index >= 15 is 0 Å². The first-order chi connectivity index (χ1) is 12.9. The molecule has 138 valence electrons. The van der Waals surface area contributed by atoms with Crippen molar-refractivity contribution in [2.75, 3.05) is 10.6 Å². The van der Waals surface area contributed by atoms with Crippen molar-refractivity contribution >= 4 is 28.8 Å². The van der Waals surface area contributed by atoms with Gasteiger partial charge in [-0.3, -0.25) is 4.79 Å². The van der Waals surface area contributed by atoms with Gasteiger partial charge in [0, 0.05) is 23.0 Å². The summed E-state index contributed by atoms with van der Waals surface area (Å²) in [6.07, 6.45) is 0. The fraction of sp³-hybridized carbons (Fsp3) is 0.227. The van der Waals surface area contributed by atoms with Gasteiger partial charge in [-0.05, 0) is 49.6 Å². The summed E-state index contributed by atoms with van der Waals surface area (Å²) in [5.41, 5.74) is 3.75. The Bertz CT molecular complexity index is 949. The van der Waals surface area contributed by atoms with E-state index in [1.807, 2.05) is 31.2 Å². The van der Waals surface area contributed by atoms with Crippen LogP contribution in [0.1, 0.15) is 48.4 Å². The fourth-order valence-corrected chi connectivity index (χ4v) is 2.76. The Morgan fingerprint density at radius 2 is 1.52 bits per heavy atom. The van der Waals surface area contributed by atoms with E-state index in [9.17, 15) is 4.79 Å². The van der Waals surface area contributed by atoms with Crippen LogP contribution in [-0.4, -0.2) is 15.8 Å². The maximum absolute atomic E-state index is 11.6. The van der Waals surface area contributed by atoms with Gasteiger partial charge in [-0.2, -0.15) is 0 Å². The molecule has 0 saturated carbocycles. The number of nitrogens with one attached hydrogen (secondary N) is 2. The Hall–Kier alpha value is -3.21. The maximum atomic E-state index is 11.6. The second-order valence-corrected chi connectivity index (χ2v) is 6.85. The topological polar surface area (TPSA) is 66.9 Å². The van der Waals surface area contributed by atoms with Crippen LogP contribution in [0.3, 0.4) is 0 Å². The SMILES string of the molecule is CC(=O)c1cccc(Nc2cc(Nc3ccc(C(C)C)cc3)nc(C)n2)c1. The average Bonchev–Trinajstić information content (AvgIpc) is 2.62. The van der Waals surface area contributed by atoms with E-state index in [0.29, 0.717) is 28.9 Å². The van der Waals surface area contributed by atoms with Crippen molar-refractivity contribution in [2.45, 2.75) is 33.6 Å². The first-order valence-electron chi connectivity index (χ1n) is 9.01. The highest BCUT2D eigenvalue weighted by atomic mass is 16.1. The number of anilines is 4. The molecule has 0 amide bonds. The lowest BCUT2D eigenvalue weighted by molar-refractivity contribution is 0.101. The average molecular weight is 360 g/mol. The second-order valence-electron chi connectivity index (χ2n) is 6.85. The molecule has 1 aromatic heterocycles. The van der Waals surface area contributed by atoms with Gasteiger partial charge in [-0.25, -0.2) is 9.97 Å². The van der Waals surface area contributed by atoms with Crippen molar-refractivity contribution in [1.82, 2.24) is 9.97 Å². The van der Waals surface area contributed by atoms with E-state index in [2.05, 4.69) is 58.7 Å². The highest BCUT2D eigenvalue weighted by Crippen LogP contribution is 2.23. The molecule has 5 heteroatoms. The first kappa shape index (κ1) is 18.6. The fourth-order valence-electron chi connectivity index (χ4n) is 2.76. The number of aryl methyl sites for hydroxylation is 1. The van der Waals surface area contributed by atoms with Crippen LogP contribution in [0.25, 0.3) is 0 Å². The number of Topliss-reactive ketones (excluding diaryl/α,β-unsaturated/α-hetero) is 1. The minimum atomic E-state index is 0.0321. The normalized spacial score (nSPS) is 10.7. The van der Waals surface area contributed by atoms with Gasteiger partial charge in [0.1, 0.15) is 17.5 Å². The zero-order valence-corrected chi connectivity index (χ0v) is 16.1. The number of hydrogen-bond acceptors (Lipinski definition) is 5. The summed E-state index contributed by atoms with van der Waals surface area (Å²) in [6, 6.07) is 17.6. The zero-order chi connectivity index (χ0) is 19.4. The third-order valence-corrected chi connectivity index (χ3v) is 4.23. The maximum Gasteiger partial charge on any atom is 0.159 e. The number of carbonyl (C=O) groups excluding carboxylic acids is 1. The molecule has 2 N–H and O–H groups in total. The molecule has 0 fully saturated rings. The van der Waals surface area contributed by atoms with Crippen LogP contribution in [0.4, 0.5) is 23.0 Å². The molecule has 0 bridgehead atoms. The number of ketones is 1. The number of nitrogens with zero attached hydrogens (tertiary/aromatic N) is 2. The molecule has 0 radical (unpaired) electrons. The smallest absolute Gasteiger partial charge is 0.159 e. The molecule has 5 nitrogen and oxygen atoms in total. The second kappa shape index (κ2) is 7.99. The quantitative estimate of drug-likeness (QED) is 0.560. The standard InChI is InChI=1S/C22H24N4O/c1-14(2)17-8-10-19(11-9-17)25-21-13-22(24-16(4)23-21)26-20-7-5-6-18(12-20)15(3)27/h5-14H,1-4H3,(H2,23,24,25,26). The Kier molecular flexibility index (Phi) is 5.50. The molecule has 0 spiro atoms. The van der Waals surface area contributed by atoms with E-state index < -0.39 is 0 Å². The van der Waals surface area contributed by atoms with Crippen molar-refractivity contribution < 1.29 is 4.79 Å². The van der Waals surface area contributed by atoms with Gasteiger partial charge in [0.25, 0.3) is 0 Å².